The van der Waals surface area contributed by atoms with Gasteiger partial charge < -0.3 is 9.47 Å². The lowest BCUT2D eigenvalue weighted by molar-refractivity contribution is 0.00927. The smallest absolute Gasteiger partial charge is 0.411 e. The standard InChI is InChI=1S/C29H30BrFN4O4/c1-29(2,3)39-28(37)35-22-8-6-5-7-17(22)13-23(35)26-33-25-19(11-16(15-32)12-20(25)30)27(36)34(26)18-9-10-24(38-4)21(31)14-18/h9-12,14,17,22-23H,5-8,13H2,1-4H3/t17-,22-,23-/m0/s1. The molecule has 3 aromatic rings. The Morgan fingerprint density at radius 1 is 1.21 bits per heavy atom. The molecule has 2 aliphatic rings. The van der Waals surface area contributed by atoms with Gasteiger partial charge in [0.25, 0.3) is 5.56 Å². The largest absolute Gasteiger partial charge is 0.494 e. The first-order chi connectivity index (χ1) is 18.5. The van der Waals surface area contributed by atoms with E-state index < -0.39 is 29.1 Å². The van der Waals surface area contributed by atoms with Gasteiger partial charge >= 0.3 is 6.09 Å². The second-order valence-electron chi connectivity index (χ2n) is 11.1. The number of rotatable bonds is 3. The number of amides is 1. The second kappa shape index (κ2) is 10.3. The molecule has 0 unspecified atom stereocenters. The first kappa shape index (κ1) is 27.1. The molecule has 1 aromatic heterocycles. The molecular weight excluding hydrogens is 567 g/mol. The Balaban J connectivity index is 1.78. The van der Waals surface area contributed by atoms with Crippen LogP contribution < -0.4 is 10.3 Å². The SMILES string of the molecule is COc1ccc(-n2c([C@@H]3C[C@@H]4CCCC[C@@H]4N3C(=O)OC(C)(C)C)nc3c(Br)cc(C#N)cc3c2=O)cc1F. The maximum Gasteiger partial charge on any atom is 0.411 e. The number of carbonyl (C=O) groups is 1. The number of halogens is 2. The molecule has 1 saturated carbocycles. The fraction of sp³-hybridized carbons (Fsp3) is 0.448. The molecule has 3 atom stereocenters. The van der Waals surface area contributed by atoms with Crippen LogP contribution in [0.15, 0.2) is 39.6 Å². The number of fused-ring (bicyclic) bond motifs is 2. The van der Waals surface area contributed by atoms with E-state index in [2.05, 4.69) is 22.0 Å². The van der Waals surface area contributed by atoms with Crippen molar-refractivity contribution in [3.05, 3.63) is 62.4 Å². The van der Waals surface area contributed by atoms with E-state index in [-0.39, 0.29) is 34.3 Å². The van der Waals surface area contributed by atoms with Gasteiger partial charge in [0.05, 0.1) is 41.4 Å². The highest BCUT2D eigenvalue weighted by molar-refractivity contribution is 9.10. The van der Waals surface area contributed by atoms with Crippen LogP contribution in [0.1, 0.15) is 70.3 Å². The molecule has 2 aromatic carbocycles. The number of aromatic nitrogens is 2. The van der Waals surface area contributed by atoms with Crippen molar-refractivity contribution in [3.8, 4) is 17.5 Å². The normalized spacial score (nSPS) is 20.9. The summed E-state index contributed by atoms with van der Waals surface area (Å²) in [4.78, 5) is 34.4. The van der Waals surface area contributed by atoms with Crippen LogP contribution >= 0.6 is 15.9 Å². The lowest BCUT2D eigenvalue weighted by Crippen LogP contribution is -2.44. The van der Waals surface area contributed by atoms with E-state index in [1.54, 1.807) is 17.0 Å². The molecule has 1 aliphatic carbocycles. The van der Waals surface area contributed by atoms with Crippen LogP contribution in [0.4, 0.5) is 9.18 Å². The third kappa shape index (κ3) is 5.00. The zero-order valence-corrected chi connectivity index (χ0v) is 23.9. The molecule has 39 heavy (non-hydrogen) atoms. The van der Waals surface area contributed by atoms with Crippen LogP contribution in [0, 0.1) is 23.1 Å². The Hall–Kier alpha value is -3.45. The van der Waals surface area contributed by atoms with Crippen molar-refractivity contribution in [2.45, 2.75) is 70.6 Å². The minimum atomic E-state index is -0.708. The van der Waals surface area contributed by atoms with Crippen molar-refractivity contribution in [1.82, 2.24) is 14.5 Å². The molecule has 1 saturated heterocycles. The highest BCUT2D eigenvalue weighted by atomic mass is 79.9. The zero-order valence-electron chi connectivity index (χ0n) is 22.3. The van der Waals surface area contributed by atoms with E-state index in [1.807, 2.05) is 20.8 Å². The highest BCUT2D eigenvalue weighted by Crippen LogP contribution is 2.47. The van der Waals surface area contributed by atoms with Crippen LogP contribution in [0.2, 0.25) is 0 Å². The van der Waals surface area contributed by atoms with Crippen LogP contribution in [0.5, 0.6) is 5.75 Å². The van der Waals surface area contributed by atoms with Crippen molar-refractivity contribution < 1.29 is 18.7 Å². The number of methoxy groups -OCH3 is 1. The van der Waals surface area contributed by atoms with Gasteiger partial charge in [-0.3, -0.25) is 14.3 Å². The average molecular weight is 597 g/mol. The maximum atomic E-state index is 14.9. The summed E-state index contributed by atoms with van der Waals surface area (Å²) >= 11 is 3.48. The molecule has 5 rings (SSSR count). The fourth-order valence-electron chi connectivity index (χ4n) is 5.86. The van der Waals surface area contributed by atoms with Crippen molar-refractivity contribution in [2.24, 2.45) is 5.92 Å². The van der Waals surface area contributed by atoms with Gasteiger partial charge in [0.1, 0.15) is 11.4 Å². The summed E-state index contributed by atoms with van der Waals surface area (Å²) in [6.45, 7) is 5.47. The molecule has 0 N–H and O–H groups in total. The van der Waals surface area contributed by atoms with Crippen LogP contribution in [-0.4, -0.2) is 39.3 Å². The molecule has 0 spiro atoms. The number of nitriles is 1. The Morgan fingerprint density at radius 3 is 2.62 bits per heavy atom. The maximum absolute atomic E-state index is 14.9. The highest BCUT2D eigenvalue weighted by Gasteiger charge is 2.48. The molecule has 2 heterocycles. The summed E-state index contributed by atoms with van der Waals surface area (Å²) in [6, 6.07) is 8.80. The molecule has 1 amide bonds. The Bertz CT molecular complexity index is 1560. The lowest BCUT2D eigenvalue weighted by atomic mass is 9.85. The summed E-state index contributed by atoms with van der Waals surface area (Å²) in [7, 11) is 1.37. The first-order valence-corrected chi connectivity index (χ1v) is 13.8. The minimum absolute atomic E-state index is 0.0406. The third-order valence-corrected chi connectivity index (χ3v) is 8.07. The van der Waals surface area contributed by atoms with E-state index in [0.29, 0.717) is 22.2 Å². The van der Waals surface area contributed by atoms with Gasteiger partial charge in [-0.15, -0.1) is 0 Å². The summed E-state index contributed by atoms with van der Waals surface area (Å²) in [6.07, 6.45) is 4.02. The molecule has 2 fully saturated rings. The fourth-order valence-corrected chi connectivity index (χ4v) is 6.41. The van der Waals surface area contributed by atoms with Gasteiger partial charge in [-0.05, 0) is 86.1 Å². The number of hydrogen-bond acceptors (Lipinski definition) is 6. The van der Waals surface area contributed by atoms with Gasteiger partial charge in [-0.25, -0.2) is 14.2 Å². The summed E-state index contributed by atoms with van der Waals surface area (Å²) in [5, 5.41) is 9.71. The van der Waals surface area contributed by atoms with Crippen molar-refractivity contribution in [2.75, 3.05) is 7.11 Å². The molecular formula is C29H30BrFN4O4. The van der Waals surface area contributed by atoms with Crippen molar-refractivity contribution >= 4 is 32.9 Å². The number of likely N-dealkylation sites (tertiary alicyclic amines) is 1. The van der Waals surface area contributed by atoms with E-state index in [4.69, 9.17) is 14.5 Å². The van der Waals surface area contributed by atoms with Gasteiger partial charge in [-0.1, -0.05) is 12.8 Å². The molecule has 0 radical (unpaired) electrons. The molecule has 1 aliphatic heterocycles. The van der Waals surface area contributed by atoms with Crippen molar-refractivity contribution in [3.63, 3.8) is 0 Å². The first-order valence-electron chi connectivity index (χ1n) is 13.0. The molecule has 8 nitrogen and oxygen atoms in total. The third-order valence-electron chi connectivity index (χ3n) is 7.47. The molecule has 10 heteroatoms. The zero-order chi connectivity index (χ0) is 28.1. The Morgan fingerprint density at radius 2 is 1.95 bits per heavy atom. The monoisotopic (exact) mass is 596 g/mol. The van der Waals surface area contributed by atoms with E-state index in [0.717, 1.165) is 25.7 Å². The average Bonchev–Trinajstić information content (AvgIpc) is 3.27. The van der Waals surface area contributed by atoms with Gasteiger partial charge in [0, 0.05) is 16.6 Å². The topological polar surface area (TPSA) is 97.4 Å². The predicted molar refractivity (Wildman–Crippen MR) is 147 cm³/mol. The van der Waals surface area contributed by atoms with E-state index in [1.165, 1.54) is 29.9 Å². The number of hydrogen-bond donors (Lipinski definition) is 0. The second-order valence-corrected chi connectivity index (χ2v) is 12.0. The van der Waals surface area contributed by atoms with Crippen LogP contribution in [-0.2, 0) is 4.74 Å². The van der Waals surface area contributed by atoms with Gasteiger partial charge in [-0.2, -0.15) is 5.26 Å². The number of nitrogens with zero attached hydrogens (tertiary/aromatic N) is 4. The predicted octanol–water partition coefficient (Wildman–Crippen LogP) is 6.41. The number of ether oxygens (including phenoxy) is 2. The summed E-state index contributed by atoms with van der Waals surface area (Å²) < 4.78 is 27.7. The number of benzene rings is 2. The lowest BCUT2D eigenvalue weighted by Gasteiger charge is -2.35. The van der Waals surface area contributed by atoms with Crippen molar-refractivity contribution in [1.29, 1.82) is 5.26 Å². The Kier molecular flexibility index (Phi) is 7.14. The van der Waals surface area contributed by atoms with Crippen LogP contribution in [0.25, 0.3) is 16.6 Å². The van der Waals surface area contributed by atoms with E-state index >= 15 is 0 Å². The minimum Gasteiger partial charge on any atom is -0.494 e. The molecule has 204 valence electrons. The summed E-state index contributed by atoms with van der Waals surface area (Å²) in [5.74, 6) is -0.0417. The van der Waals surface area contributed by atoms with Gasteiger partial charge in [0.15, 0.2) is 11.6 Å². The molecule has 0 bridgehead atoms. The van der Waals surface area contributed by atoms with Gasteiger partial charge in [0.2, 0.25) is 0 Å². The Labute approximate surface area is 234 Å². The summed E-state index contributed by atoms with van der Waals surface area (Å²) in [5.41, 5.74) is -0.258. The van der Waals surface area contributed by atoms with Crippen LogP contribution in [0.3, 0.4) is 0 Å². The van der Waals surface area contributed by atoms with E-state index in [9.17, 15) is 19.2 Å². The number of carbonyl (C=O) groups excluding carboxylic acids is 1. The quantitative estimate of drug-likeness (QED) is 0.346.